The third-order valence-corrected chi connectivity index (χ3v) is 1.53. The molecule has 3 N–H and O–H groups in total. The van der Waals surface area contributed by atoms with Gasteiger partial charge < -0.3 is 10.5 Å². The van der Waals surface area contributed by atoms with Gasteiger partial charge in [0.15, 0.2) is 0 Å². The summed E-state index contributed by atoms with van der Waals surface area (Å²) in [4.78, 5) is 10.7. The topological polar surface area (TPSA) is 61.4 Å². The van der Waals surface area contributed by atoms with Crippen LogP contribution in [0.3, 0.4) is 0 Å². The van der Waals surface area contributed by atoms with E-state index in [1.165, 1.54) is 6.92 Å². The molecule has 74 valence electrons. The Kier molecular flexibility index (Phi) is 3.42. The summed E-state index contributed by atoms with van der Waals surface area (Å²) in [7, 11) is 0. The Morgan fingerprint density at radius 1 is 1.62 bits per heavy atom. The van der Waals surface area contributed by atoms with Crippen molar-refractivity contribution in [3.8, 4) is 0 Å². The predicted molar refractivity (Wildman–Crippen MR) is 53.6 cm³/mol. The monoisotopic (exact) mass is 184 g/mol. The van der Waals surface area contributed by atoms with Gasteiger partial charge in [-0.25, -0.2) is 5.48 Å². The van der Waals surface area contributed by atoms with Crippen LogP contribution in [0, 0.1) is 0 Å². The van der Waals surface area contributed by atoms with Crippen LogP contribution in [0.15, 0.2) is 24.3 Å². The standard InChI is InChI=1S/C9H12N2O2.2H2/c1-7(12)11-9-4-2-3-8(5-9)6-10-13;;/h2-5,10,13H,6H2,1H3,(H,11,12);2*1H. The van der Waals surface area contributed by atoms with Crippen LogP contribution in [-0.2, 0) is 11.3 Å². The van der Waals surface area contributed by atoms with Crippen LogP contribution in [0.4, 0.5) is 5.69 Å². The van der Waals surface area contributed by atoms with Crippen LogP contribution < -0.4 is 10.8 Å². The smallest absolute Gasteiger partial charge is 0.221 e. The van der Waals surface area contributed by atoms with E-state index in [9.17, 15) is 4.79 Å². The summed E-state index contributed by atoms with van der Waals surface area (Å²) in [5.74, 6) is -0.103. The molecule has 0 atom stereocenters. The van der Waals surface area contributed by atoms with Crippen LogP contribution in [-0.4, -0.2) is 11.1 Å². The third-order valence-electron chi connectivity index (χ3n) is 1.53. The predicted octanol–water partition coefficient (Wildman–Crippen LogP) is 1.62. The van der Waals surface area contributed by atoms with Crippen LogP contribution in [0.2, 0.25) is 0 Å². The van der Waals surface area contributed by atoms with Crippen LogP contribution >= 0.6 is 0 Å². The lowest BCUT2D eigenvalue weighted by atomic mass is 10.2. The second kappa shape index (κ2) is 4.59. The van der Waals surface area contributed by atoms with E-state index in [1.54, 1.807) is 12.1 Å². The molecular weight excluding hydrogens is 168 g/mol. The Labute approximate surface area is 79.5 Å². The van der Waals surface area contributed by atoms with Gasteiger partial charge in [0.25, 0.3) is 0 Å². The van der Waals surface area contributed by atoms with Gasteiger partial charge in [-0.2, -0.15) is 0 Å². The zero-order valence-corrected chi connectivity index (χ0v) is 7.37. The lowest BCUT2D eigenvalue weighted by molar-refractivity contribution is -0.114. The number of amides is 1. The van der Waals surface area contributed by atoms with Crippen molar-refractivity contribution >= 4 is 11.6 Å². The molecule has 0 saturated carbocycles. The maximum atomic E-state index is 10.7. The molecule has 1 rings (SSSR count). The van der Waals surface area contributed by atoms with Crippen molar-refractivity contribution in [3.63, 3.8) is 0 Å². The van der Waals surface area contributed by atoms with Crippen molar-refractivity contribution in [2.75, 3.05) is 5.32 Å². The second-order valence-corrected chi connectivity index (χ2v) is 2.72. The van der Waals surface area contributed by atoms with E-state index in [-0.39, 0.29) is 8.76 Å². The molecule has 0 heterocycles. The summed E-state index contributed by atoms with van der Waals surface area (Å²) < 4.78 is 0. The van der Waals surface area contributed by atoms with Gasteiger partial charge in [-0.05, 0) is 17.7 Å². The number of carbonyl (C=O) groups excluding carboxylic acids is 1. The minimum Gasteiger partial charge on any atom is -0.326 e. The highest BCUT2D eigenvalue weighted by atomic mass is 16.5. The molecule has 0 aliphatic heterocycles. The fourth-order valence-corrected chi connectivity index (χ4v) is 1.05. The minimum absolute atomic E-state index is 0. The molecule has 4 nitrogen and oxygen atoms in total. The van der Waals surface area contributed by atoms with Gasteiger partial charge in [-0.15, -0.1) is 0 Å². The normalized spacial score (nSPS) is 9.69. The van der Waals surface area contributed by atoms with Gasteiger partial charge in [-0.3, -0.25) is 4.79 Å². The number of nitrogens with one attached hydrogen (secondary N) is 2. The molecule has 1 aromatic rings. The van der Waals surface area contributed by atoms with Crippen molar-refractivity contribution in [1.82, 2.24) is 5.48 Å². The fraction of sp³-hybridized carbons (Fsp3) is 0.222. The maximum absolute atomic E-state index is 10.7. The van der Waals surface area contributed by atoms with E-state index in [0.717, 1.165) is 11.3 Å². The number of hydroxylamine groups is 1. The van der Waals surface area contributed by atoms with Crippen molar-refractivity contribution in [1.29, 1.82) is 0 Å². The Balaban J connectivity index is 0. The molecular formula is C9H16N2O2. The Morgan fingerprint density at radius 3 is 3.00 bits per heavy atom. The summed E-state index contributed by atoms with van der Waals surface area (Å²) in [5.41, 5.74) is 3.70. The van der Waals surface area contributed by atoms with Gasteiger partial charge in [0.2, 0.25) is 5.91 Å². The van der Waals surface area contributed by atoms with Crippen molar-refractivity contribution < 1.29 is 12.9 Å². The van der Waals surface area contributed by atoms with Crippen molar-refractivity contribution in [3.05, 3.63) is 29.8 Å². The SMILES string of the molecule is CC(=O)Nc1cccc(CNO)c1.[HH].[HH]. The molecule has 0 unspecified atom stereocenters. The first-order valence-corrected chi connectivity index (χ1v) is 3.96. The van der Waals surface area contributed by atoms with Gasteiger partial charge in [0, 0.05) is 22.0 Å². The van der Waals surface area contributed by atoms with Crippen molar-refractivity contribution in [2.24, 2.45) is 0 Å². The molecule has 0 radical (unpaired) electrons. The highest BCUT2D eigenvalue weighted by molar-refractivity contribution is 5.88. The number of anilines is 1. The molecule has 0 fully saturated rings. The van der Waals surface area contributed by atoms with Gasteiger partial charge in [0.1, 0.15) is 0 Å². The molecule has 0 bridgehead atoms. The second-order valence-electron chi connectivity index (χ2n) is 2.72. The molecule has 0 spiro atoms. The van der Waals surface area contributed by atoms with E-state index in [2.05, 4.69) is 10.8 Å². The molecule has 4 heteroatoms. The summed E-state index contributed by atoms with van der Waals surface area (Å²) in [6, 6.07) is 7.26. The minimum atomic E-state index is -0.103. The van der Waals surface area contributed by atoms with Crippen molar-refractivity contribution in [2.45, 2.75) is 13.5 Å². The Bertz CT molecular complexity index is 308. The van der Waals surface area contributed by atoms with E-state index in [0.29, 0.717) is 6.54 Å². The molecule has 0 aliphatic rings. The summed E-state index contributed by atoms with van der Waals surface area (Å²) in [6.07, 6.45) is 0. The maximum Gasteiger partial charge on any atom is 0.221 e. The zero-order valence-electron chi connectivity index (χ0n) is 7.37. The largest absolute Gasteiger partial charge is 0.326 e. The summed E-state index contributed by atoms with van der Waals surface area (Å²) >= 11 is 0. The highest BCUT2D eigenvalue weighted by Crippen LogP contribution is 2.09. The molecule has 0 saturated heterocycles. The first-order chi connectivity index (χ1) is 6.22. The summed E-state index contributed by atoms with van der Waals surface area (Å²) in [5, 5.41) is 11.1. The van der Waals surface area contributed by atoms with Crippen LogP contribution in [0.5, 0.6) is 0 Å². The van der Waals surface area contributed by atoms with E-state index in [4.69, 9.17) is 5.21 Å². The summed E-state index contributed by atoms with van der Waals surface area (Å²) in [6.45, 7) is 1.82. The molecule has 1 aromatic carbocycles. The average Bonchev–Trinajstić information content (AvgIpc) is 2.04. The van der Waals surface area contributed by atoms with Gasteiger partial charge in [0.05, 0.1) is 0 Å². The fourth-order valence-electron chi connectivity index (χ4n) is 1.05. The number of benzene rings is 1. The number of hydrogen-bond donors (Lipinski definition) is 3. The average molecular weight is 184 g/mol. The van der Waals surface area contributed by atoms with Crippen LogP contribution in [0.25, 0.3) is 0 Å². The number of rotatable bonds is 3. The molecule has 1 amide bonds. The van der Waals surface area contributed by atoms with E-state index < -0.39 is 0 Å². The zero-order chi connectivity index (χ0) is 9.68. The quantitative estimate of drug-likeness (QED) is 0.625. The lowest BCUT2D eigenvalue weighted by Gasteiger charge is -2.04. The van der Waals surface area contributed by atoms with Gasteiger partial charge in [-0.1, -0.05) is 12.1 Å². The van der Waals surface area contributed by atoms with Crippen LogP contribution in [0.1, 0.15) is 15.3 Å². The Hall–Kier alpha value is -1.39. The van der Waals surface area contributed by atoms with E-state index >= 15 is 0 Å². The number of carbonyl (C=O) groups is 1. The molecule has 0 aliphatic carbocycles. The molecule has 0 aromatic heterocycles. The lowest BCUT2D eigenvalue weighted by Crippen LogP contribution is -2.08. The highest BCUT2D eigenvalue weighted by Gasteiger charge is 1.96. The van der Waals surface area contributed by atoms with E-state index in [1.807, 2.05) is 12.1 Å². The number of hydrogen-bond acceptors (Lipinski definition) is 3. The molecule has 13 heavy (non-hydrogen) atoms. The third kappa shape index (κ3) is 3.23. The first-order valence-electron chi connectivity index (χ1n) is 3.96. The Morgan fingerprint density at radius 2 is 2.38 bits per heavy atom. The first kappa shape index (κ1) is 9.70. The van der Waals surface area contributed by atoms with Gasteiger partial charge >= 0.3 is 0 Å².